The molecular weight excluding hydrogens is 256 g/mol. The summed E-state index contributed by atoms with van der Waals surface area (Å²) in [6.45, 7) is 7.52. The first-order valence-electron chi connectivity index (χ1n) is 6.86. The molecule has 0 saturated heterocycles. The SMILES string of the molecule is CCCOc1nc(N(CC(N)=O)CC(C)C)ccc1N. The number of aromatic nitrogens is 1. The van der Waals surface area contributed by atoms with Gasteiger partial charge in [0.1, 0.15) is 5.82 Å². The number of nitrogens with zero attached hydrogens (tertiary/aromatic N) is 2. The Labute approximate surface area is 120 Å². The van der Waals surface area contributed by atoms with Gasteiger partial charge in [-0.1, -0.05) is 20.8 Å². The first-order chi connectivity index (χ1) is 9.43. The summed E-state index contributed by atoms with van der Waals surface area (Å²) in [6.07, 6.45) is 0.877. The van der Waals surface area contributed by atoms with Crippen LogP contribution >= 0.6 is 0 Å². The molecule has 0 unspecified atom stereocenters. The lowest BCUT2D eigenvalue weighted by Crippen LogP contribution is -2.36. The van der Waals surface area contributed by atoms with Gasteiger partial charge in [-0.05, 0) is 24.5 Å². The van der Waals surface area contributed by atoms with Crippen molar-refractivity contribution in [1.82, 2.24) is 4.98 Å². The molecule has 20 heavy (non-hydrogen) atoms. The van der Waals surface area contributed by atoms with Crippen molar-refractivity contribution in [2.75, 3.05) is 30.3 Å². The highest BCUT2D eigenvalue weighted by Gasteiger charge is 2.14. The zero-order chi connectivity index (χ0) is 15.1. The standard InChI is InChI=1S/C14H24N4O2/c1-4-7-20-14-11(15)5-6-13(17-14)18(8-10(2)3)9-12(16)19/h5-6,10H,4,7-9,15H2,1-3H3,(H2,16,19). The number of anilines is 2. The summed E-state index contributed by atoms with van der Waals surface area (Å²) in [7, 11) is 0. The number of carbonyl (C=O) groups is 1. The van der Waals surface area contributed by atoms with Gasteiger partial charge in [-0.3, -0.25) is 4.79 Å². The van der Waals surface area contributed by atoms with Crippen LogP contribution in [-0.2, 0) is 4.79 Å². The molecular formula is C14H24N4O2. The van der Waals surface area contributed by atoms with Crippen LogP contribution in [0.5, 0.6) is 5.88 Å². The van der Waals surface area contributed by atoms with Gasteiger partial charge in [-0.25, -0.2) is 0 Å². The number of nitrogens with two attached hydrogens (primary N) is 2. The molecule has 0 aliphatic rings. The van der Waals surface area contributed by atoms with Crippen molar-refractivity contribution in [3.8, 4) is 5.88 Å². The van der Waals surface area contributed by atoms with Gasteiger partial charge in [0, 0.05) is 6.54 Å². The normalized spacial score (nSPS) is 10.6. The molecule has 1 aromatic rings. The predicted octanol–water partition coefficient (Wildman–Crippen LogP) is 1.40. The maximum absolute atomic E-state index is 11.2. The average molecular weight is 280 g/mol. The molecule has 1 aromatic heterocycles. The zero-order valence-corrected chi connectivity index (χ0v) is 12.4. The van der Waals surface area contributed by atoms with E-state index >= 15 is 0 Å². The van der Waals surface area contributed by atoms with E-state index in [9.17, 15) is 4.79 Å². The summed E-state index contributed by atoms with van der Waals surface area (Å²) in [5, 5.41) is 0. The molecule has 6 nitrogen and oxygen atoms in total. The van der Waals surface area contributed by atoms with Crippen LogP contribution in [0.4, 0.5) is 11.5 Å². The van der Waals surface area contributed by atoms with Crippen LogP contribution in [0.1, 0.15) is 27.2 Å². The molecule has 112 valence electrons. The first-order valence-corrected chi connectivity index (χ1v) is 6.86. The minimum atomic E-state index is -0.389. The van der Waals surface area contributed by atoms with Crippen molar-refractivity contribution in [1.29, 1.82) is 0 Å². The van der Waals surface area contributed by atoms with Gasteiger partial charge in [0.15, 0.2) is 0 Å². The summed E-state index contributed by atoms with van der Waals surface area (Å²) in [4.78, 5) is 17.4. The summed E-state index contributed by atoms with van der Waals surface area (Å²) < 4.78 is 5.51. The molecule has 0 aliphatic carbocycles. The van der Waals surface area contributed by atoms with Crippen molar-refractivity contribution in [2.45, 2.75) is 27.2 Å². The van der Waals surface area contributed by atoms with Gasteiger partial charge < -0.3 is 21.1 Å². The molecule has 6 heteroatoms. The third kappa shape index (κ3) is 4.95. The van der Waals surface area contributed by atoms with Crippen LogP contribution in [0.15, 0.2) is 12.1 Å². The Bertz CT molecular complexity index is 449. The summed E-state index contributed by atoms with van der Waals surface area (Å²) in [5.74, 6) is 1.05. The Hall–Kier alpha value is -1.98. The molecule has 0 spiro atoms. The Kier molecular flexibility index (Phi) is 6.09. The highest BCUT2D eigenvalue weighted by molar-refractivity contribution is 5.79. The molecule has 1 amide bonds. The lowest BCUT2D eigenvalue weighted by atomic mass is 10.2. The van der Waals surface area contributed by atoms with Crippen LogP contribution in [-0.4, -0.2) is 30.6 Å². The Morgan fingerprint density at radius 3 is 2.70 bits per heavy atom. The molecule has 0 atom stereocenters. The second-order valence-corrected chi connectivity index (χ2v) is 5.15. The predicted molar refractivity (Wildman–Crippen MR) is 80.7 cm³/mol. The van der Waals surface area contributed by atoms with Gasteiger partial charge in [-0.2, -0.15) is 4.98 Å². The number of hydrogen-bond donors (Lipinski definition) is 2. The molecule has 0 aromatic carbocycles. The topological polar surface area (TPSA) is 94.5 Å². The highest BCUT2D eigenvalue weighted by atomic mass is 16.5. The van der Waals surface area contributed by atoms with Crippen molar-refractivity contribution < 1.29 is 9.53 Å². The van der Waals surface area contributed by atoms with E-state index in [-0.39, 0.29) is 12.5 Å². The molecule has 0 bridgehead atoms. The van der Waals surface area contributed by atoms with Gasteiger partial charge in [-0.15, -0.1) is 0 Å². The smallest absolute Gasteiger partial charge is 0.239 e. The minimum Gasteiger partial charge on any atom is -0.476 e. The Morgan fingerprint density at radius 1 is 1.45 bits per heavy atom. The minimum absolute atomic E-state index is 0.127. The summed E-state index contributed by atoms with van der Waals surface area (Å²) in [5.41, 5.74) is 11.6. The van der Waals surface area contributed by atoms with E-state index in [1.54, 1.807) is 12.1 Å². The van der Waals surface area contributed by atoms with E-state index in [0.29, 0.717) is 36.5 Å². The number of nitrogen functional groups attached to an aromatic ring is 1. The van der Waals surface area contributed by atoms with Crippen molar-refractivity contribution >= 4 is 17.4 Å². The fourth-order valence-corrected chi connectivity index (χ4v) is 1.80. The monoisotopic (exact) mass is 280 g/mol. The Morgan fingerprint density at radius 2 is 2.15 bits per heavy atom. The number of ether oxygens (including phenoxy) is 1. The van der Waals surface area contributed by atoms with E-state index in [4.69, 9.17) is 16.2 Å². The molecule has 0 saturated carbocycles. The summed E-state index contributed by atoms with van der Waals surface area (Å²) >= 11 is 0. The number of primary amides is 1. The number of carbonyl (C=O) groups excluding carboxylic acids is 1. The van der Waals surface area contributed by atoms with Gasteiger partial charge in [0.2, 0.25) is 11.8 Å². The molecule has 4 N–H and O–H groups in total. The van der Waals surface area contributed by atoms with Gasteiger partial charge in [0.05, 0.1) is 18.8 Å². The molecule has 0 fully saturated rings. The average Bonchev–Trinajstić information content (AvgIpc) is 2.36. The maximum Gasteiger partial charge on any atom is 0.239 e. The number of pyridine rings is 1. The lowest BCUT2D eigenvalue weighted by molar-refractivity contribution is -0.116. The highest BCUT2D eigenvalue weighted by Crippen LogP contribution is 2.23. The zero-order valence-electron chi connectivity index (χ0n) is 12.4. The molecule has 1 rings (SSSR count). The fraction of sp³-hybridized carbons (Fsp3) is 0.571. The van der Waals surface area contributed by atoms with Crippen molar-refractivity contribution in [3.05, 3.63) is 12.1 Å². The van der Waals surface area contributed by atoms with Crippen LogP contribution in [0.3, 0.4) is 0 Å². The van der Waals surface area contributed by atoms with E-state index < -0.39 is 0 Å². The second-order valence-electron chi connectivity index (χ2n) is 5.15. The fourth-order valence-electron chi connectivity index (χ4n) is 1.80. The molecule has 0 aliphatic heterocycles. The van der Waals surface area contributed by atoms with E-state index in [1.807, 2.05) is 11.8 Å². The Balaban J connectivity index is 2.96. The number of amides is 1. The third-order valence-electron chi connectivity index (χ3n) is 2.57. The van der Waals surface area contributed by atoms with Gasteiger partial charge >= 0.3 is 0 Å². The van der Waals surface area contributed by atoms with Crippen LogP contribution in [0, 0.1) is 5.92 Å². The largest absolute Gasteiger partial charge is 0.476 e. The maximum atomic E-state index is 11.2. The summed E-state index contributed by atoms with van der Waals surface area (Å²) in [6, 6.07) is 3.51. The number of hydrogen-bond acceptors (Lipinski definition) is 5. The number of rotatable bonds is 8. The van der Waals surface area contributed by atoms with E-state index in [0.717, 1.165) is 6.42 Å². The third-order valence-corrected chi connectivity index (χ3v) is 2.57. The van der Waals surface area contributed by atoms with Crippen LogP contribution in [0.2, 0.25) is 0 Å². The van der Waals surface area contributed by atoms with Gasteiger partial charge in [0.25, 0.3) is 0 Å². The molecule has 0 radical (unpaired) electrons. The quantitative estimate of drug-likeness (QED) is 0.750. The van der Waals surface area contributed by atoms with E-state index in [2.05, 4.69) is 18.8 Å². The van der Waals surface area contributed by atoms with Crippen LogP contribution < -0.4 is 21.1 Å². The van der Waals surface area contributed by atoms with Crippen molar-refractivity contribution in [3.63, 3.8) is 0 Å². The molecule has 1 heterocycles. The van der Waals surface area contributed by atoms with Crippen molar-refractivity contribution in [2.24, 2.45) is 11.7 Å². The first kappa shape index (κ1) is 16.1. The lowest BCUT2D eigenvalue weighted by Gasteiger charge is -2.24. The van der Waals surface area contributed by atoms with E-state index in [1.165, 1.54) is 0 Å². The van der Waals surface area contributed by atoms with Crippen LogP contribution in [0.25, 0.3) is 0 Å². The second kappa shape index (κ2) is 7.57.